The van der Waals surface area contributed by atoms with Crippen molar-refractivity contribution in [2.75, 3.05) is 13.1 Å². The molecule has 0 spiro atoms. The van der Waals surface area contributed by atoms with E-state index in [0.717, 1.165) is 18.4 Å². The average Bonchev–Trinajstić information content (AvgIpc) is 3.08. The van der Waals surface area contributed by atoms with E-state index in [9.17, 15) is 9.59 Å². The van der Waals surface area contributed by atoms with Crippen molar-refractivity contribution in [1.82, 2.24) is 14.9 Å². The van der Waals surface area contributed by atoms with Crippen molar-refractivity contribution < 1.29 is 4.79 Å². The number of piperidine rings is 1. The summed E-state index contributed by atoms with van der Waals surface area (Å²) in [6, 6.07) is 8.32. The van der Waals surface area contributed by atoms with E-state index in [4.69, 9.17) is 0 Å². The minimum absolute atomic E-state index is 0.165. The maximum atomic E-state index is 12.7. The third-order valence-corrected chi connectivity index (χ3v) is 5.20. The Morgan fingerprint density at radius 3 is 2.68 bits per heavy atom. The number of carbonyl (C=O) groups is 1. The van der Waals surface area contributed by atoms with E-state index in [2.05, 4.69) is 34.4 Å². The van der Waals surface area contributed by atoms with Crippen LogP contribution in [0, 0.1) is 6.92 Å². The molecule has 0 unspecified atom stereocenters. The van der Waals surface area contributed by atoms with E-state index in [1.54, 1.807) is 18.0 Å². The lowest BCUT2D eigenvalue weighted by molar-refractivity contribution is 0.0711. The number of likely N-dealkylation sites (tertiary alicyclic amines) is 1. The third kappa shape index (κ3) is 2.76. The van der Waals surface area contributed by atoms with Crippen LogP contribution in [0.2, 0.25) is 0 Å². The first-order valence-electron chi connectivity index (χ1n) is 8.68. The van der Waals surface area contributed by atoms with E-state index in [-0.39, 0.29) is 16.9 Å². The lowest BCUT2D eigenvalue weighted by Crippen LogP contribution is -2.40. The summed E-state index contributed by atoms with van der Waals surface area (Å²) < 4.78 is 0. The average molecular weight is 335 g/mol. The van der Waals surface area contributed by atoms with Gasteiger partial charge in [-0.3, -0.25) is 9.59 Å². The number of fused-ring (bicyclic) bond motifs is 1. The minimum atomic E-state index is -0.178. The molecule has 0 bridgehead atoms. The smallest absolute Gasteiger partial charge is 0.259 e. The molecule has 0 aliphatic carbocycles. The Morgan fingerprint density at radius 2 is 1.88 bits per heavy atom. The van der Waals surface area contributed by atoms with E-state index >= 15 is 0 Å². The molecule has 3 aromatic rings. The van der Waals surface area contributed by atoms with Crippen molar-refractivity contribution in [3.05, 3.63) is 69.8 Å². The fraction of sp³-hybridized carbons (Fsp3) is 0.300. The normalized spacial score (nSPS) is 15.6. The van der Waals surface area contributed by atoms with Crippen molar-refractivity contribution in [1.29, 1.82) is 0 Å². The molecule has 4 rings (SSSR count). The van der Waals surface area contributed by atoms with Gasteiger partial charge in [-0.2, -0.15) is 0 Å². The molecule has 1 aromatic carbocycles. The Kier molecular flexibility index (Phi) is 3.92. The molecule has 1 fully saturated rings. The first-order valence-corrected chi connectivity index (χ1v) is 8.68. The lowest BCUT2D eigenvalue weighted by Gasteiger charge is -2.32. The molecular weight excluding hydrogens is 314 g/mol. The number of amides is 1. The van der Waals surface area contributed by atoms with Crippen molar-refractivity contribution in [3.63, 3.8) is 0 Å². The van der Waals surface area contributed by atoms with Gasteiger partial charge in [0.25, 0.3) is 5.91 Å². The Bertz CT molecular complexity index is 978. The molecule has 0 atom stereocenters. The fourth-order valence-electron chi connectivity index (χ4n) is 3.75. The number of H-pyrrole nitrogens is 2. The molecular formula is C20H21N3O2. The molecule has 1 aliphatic rings. The second-order valence-corrected chi connectivity index (χ2v) is 6.74. The van der Waals surface area contributed by atoms with Gasteiger partial charge in [0.15, 0.2) is 5.43 Å². The number of rotatable bonds is 2. The zero-order chi connectivity index (χ0) is 17.4. The summed E-state index contributed by atoms with van der Waals surface area (Å²) in [5, 5.41) is 1.27. The molecule has 1 saturated heterocycles. The van der Waals surface area contributed by atoms with E-state index in [0.29, 0.717) is 24.6 Å². The fourth-order valence-corrected chi connectivity index (χ4v) is 3.75. The summed E-state index contributed by atoms with van der Waals surface area (Å²) in [7, 11) is 0. The molecule has 2 aromatic heterocycles. The number of aromatic nitrogens is 2. The van der Waals surface area contributed by atoms with Gasteiger partial charge in [-0.05, 0) is 37.3 Å². The zero-order valence-electron chi connectivity index (χ0n) is 14.2. The summed E-state index contributed by atoms with van der Waals surface area (Å²) in [6.45, 7) is 3.08. The second-order valence-electron chi connectivity index (χ2n) is 6.74. The molecule has 1 amide bonds. The van der Waals surface area contributed by atoms with Crippen molar-refractivity contribution in [2.45, 2.75) is 25.7 Å². The monoisotopic (exact) mass is 335 g/mol. The van der Waals surface area contributed by atoms with Crippen LogP contribution in [0.25, 0.3) is 10.9 Å². The van der Waals surface area contributed by atoms with Crippen LogP contribution < -0.4 is 5.43 Å². The van der Waals surface area contributed by atoms with Crippen LogP contribution in [-0.4, -0.2) is 33.9 Å². The van der Waals surface area contributed by atoms with Gasteiger partial charge in [-0.15, -0.1) is 0 Å². The van der Waals surface area contributed by atoms with Crippen LogP contribution in [-0.2, 0) is 0 Å². The predicted octanol–water partition coefficient (Wildman–Crippen LogP) is 3.18. The number of para-hydroxylation sites is 1. The van der Waals surface area contributed by atoms with Crippen LogP contribution in [0.3, 0.4) is 0 Å². The third-order valence-electron chi connectivity index (χ3n) is 5.20. The first kappa shape index (κ1) is 15.7. The van der Waals surface area contributed by atoms with Gasteiger partial charge in [0.2, 0.25) is 0 Å². The standard InChI is InChI=1S/C20H21N3O2/c1-13-10-21-11-17(19(13)24)20(25)23-8-6-14(7-9-23)16-12-22-18-5-3-2-4-15(16)18/h2-5,10-12,14,22H,6-9H2,1H3,(H,21,24). The second kappa shape index (κ2) is 6.24. The van der Waals surface area contributed by atoms with Gasteiger partial charge in [-0.1, -0.05) is 18.2 Å². The molecule has 2 N–H and O–H groups in total. The molecule has 3 heterocycles. The van der Waals surface area contributed by atoms with Gasteiger partial charge < -0.3 is 14.9 Å². The number of aryl methyl sites for hydroxylation is 1. The van der Waals surface area contributed by atoms with Gasteiger partial charge >= 0.3 is 0 Å². The number of pyridine rings is 1. The highest BCUT2D eigenvalue weighted by molar-refractivity contribution is 5.94. The highest BCUT2D eigenvalue weighted by Crippen LogP contribution is 2.33. The number of aromatic amines is 2. The van der Waals surface area contributed by atoms with E-state index in [1.807, 2.05) is 6.07 Å². The number of benzene rings is 1. The van der Waals surface area contributed by atoms with Gasteiger partial charge in [0, 0.05) is 48.1 Å². The molecule has 0 saturated carbocycles. The van der Waals surface area contributed by atoms with Crippen molar-refractivity contribution in [2.24, 2.45) is 0 Å². The van der Waals surface area contributed by atoms with Crippen LogP contribution in [0.5, 0.6) is 0 Å². The van der Waals surface area contributed by atoms with Gasteiger partial charge in [0.1, 0.15) is 5.56 Å². The zero-order valence-corrected chi connectivity index (χ0v) is 14.2. The number of nitrogens with zero attached hydrogens (tertiary/aromatic N) is 1. The highest BCUT2D eigenvalue weighted by atomic mass is 16.2. The SMILES string of the molecule is Cc1c[nH]cc(C(=O)N2CCC(c3c[nH]c4ccccc34)CC2)c1=O. The van der Waals surface area contributed by atoms with Crippen molar-refractivity contribution >= 4 is 16.8 Å². The van der Waals surface area contributed by atoms with Crippen LogP contribution in [0.4, 0.5) is 0 Å². The number of nitrogens with one attached hydrogen (secondary N) is 2. The van der Waals surface area contributed by atoms with Gasteiger partial charge in [-0.25, -0.2) is 0 Å². The summed E-state index contributed by atoms with van der Waals surface area (Å²) in [5.74, 6) is 0.276. The summed E-state index contributed by atoms with van der Waals surface area (Å²) in [4.78, 5) is 32.9. The molecule has 128 valence electrons. The summed E-state index contributed by atoms with van der Waals surface area (Å²) in [5.41, 5.74) is 3.12. The first-order chi connectivity index (χ1) is 12.1. The summed E-state index contributed by atoms with van der Waals surface area (Å²) in [6.07, 6.45) is 7.07. The van der Waals surface area contributed by atoms with Crippen molar-refractivity contribution in [3.8, 4) is 0 Å². The Morgan fingerprint density at radius 1 is 1.12 bits per heavy atom. The number of carbonyl (C=O) groups excluding carboxylic acids is 1. The molecule has 0 radical (unpaired) electrons. The largest absolute Gasteiger partial charge is 0.366 e. The van der Waals surface area contributed by atoms with Crippen LogP contribution in [0.15, 0.2) is 47.7 Å². The maximum Gasteiger partial charge on any atom is 0.259 e. The topological polar surface area (TPSA) is 69.0 Å². The predicted molar refractivity (Wildman–Crippen MR) is 98.0 cm³/mol. The van der Waals surface area contributed by atoms with E-state index in [1.165, 1.54) is 17.1 Å². The molecule has 1 aliphatic heterocycles. The molecule has 5 heteroatoms. The lowest BCUT2D eigenvalue weighted by atomic mass is 9.89. The van der Waals surface area contributed by atoms with Gasteiger partial charge in [0.05, 0.1) is 0 Å². The highest BCUT2D eigenvalue weighted by Gasteiger charge is 2.27. The Labute approximate surface area is 145 Å². The maximum absolute atomic E-state index is 12.7. The summed E-state index contributed by atoms with van der Waals surface area (Å²) >= 11 is 0. The Hall–Kier alpha value is -2.82. The van der Waals surface area contributed by atoms with Crippen LogP contribution in [0.1, 0.15) is 40.2 Å². The molecule has 25 heavy (non-hydrogen) atoms. The number of hydrogen-bond donors (Lipinski definition) is 2. The molecule has 5 nitrogen and oxygen atoms in total. The number of hydrogen-bond acceptors (Lipinski definition) is 2. The van der Waals surface area contributed by atoms with Crippen LogP contribution >= 0.6 is 0 Å². The minimum Gasteiger partial charge on any atom is -0.366 e. The van der Waals surface area contributed by atoms with E-state index < -0.39 is 0 Å². The quantitative estimate of drug-likeness (QED) is 0.755. The Balaban J connectivity index is 1.51.